The number of aliphatic hydroxyl groups is 1. The number of nitrogens with zero attached hydrogens (tertiary/aromatic N) is 1. The normalized spacial score (nSPS) is 9.57. The molecular formula is C10H14N2OS. The molecule has 0 saturated carbocycles. The monoisotopic (exact) mass is 210 g/mol. The van der Waals surface area contributed by atoms with Gasteiger partial charge in [-0.25, -0.2) is 0 Å². The fourth-order valence-electron chi connectivity index (χ4n) is 1.19. The van der Waals surface area contributed by atoms with E-state index in [0.717, 1.165) is 5.69 Å². The number of thiocarbonyl (C=S) groups is 1. The van der Waals surface area contributed by atoms with Crippen LogP contribution in [0.15, 0.2) is 30.3 Å². The van der Waals surface area contributed by atoms with Gasteiger partial charge in [0.2, 0.25) is 0 Å². The molecule has 0 aliphatic rings. The molecule has 0 amide bonds. The van der Waals surface area contributed by atoms with E-state index in [0.29, 0.717) is 11.7 Å². The predicted octanol–water partition coefficient (Wildman–Crippen LogP) is 0.990. The molecule has 0 bridgehead atoms. The molecule has 1 aromatic rings. The van der Waals surface area contributed by atoms with Crippen molar-refractivity contribution < 1.29 is 5.11 Å². The van der Waals surface area contributed by atoms with Crippen LogP contribution in [0.5, 0.6) is 0 Å². The number of nitrogens with one attached hydrogen (secondary N) is 1. The quantitative estimate of drug-likeness (QED) is 0.729. The summed E-state index contributed by atoms with van der Waals surface area (Å²) in [6, 6.07) is 9.75. The highest BCUT2D eigenvalue weighted by molar-refractivity contribution is 7.80. The molecule has 2 N–H and O–H groups in total. The second-order valence-electron chi connectivity index (χ2n) is 2.77. The van der Waals surface area contributed by atoms with Gasteiger partial charge in [0.15, 0.2) is 5.11 Å². The average Bonchev–Trinajstić information content (AvgIpc) is 2.26. The van der Waals surface area contributed by atoms with Gasteiger partial charge in [-0.15, -0.1) is 0 Å². The zero-order valence-electron chi connectivity index (χ0n) is 8.10. The third-order valence-corrected chi connectivity index (χ3v) is 2.28. The van der Waals surface area contributed by atoms with Crippen molar-refractivity contribution in [3.05, 3.63) is 30.3 Å². The SMILES string of the molecule is CNC(=S)N(CCO)c1ccccc1. The van der Waals surface area contributed by atoms with Gasteiger partial charge < -0.3 is 15.3 Å². The first kappa shape index (κ1) is 10.9. The van der Waals surface area contributed by atoms with Crippen molar-refractivity contribution in [3.8, 4) is 0 Å². The fraction of sp³-hybridized carbons (Fsp3) is 0.300. The molecular weight excluding hydrogens is 196 g/mol. The number of para-hydroxylation sites is 1. The molecule has 3 nitrogen and oxygen atoms in total. The zero-order valence-corrected chi connectivity index (χ0v) is 8.92. The molecule has 0 aromatic heterocycles. The summed E-state index contributed by atoms with van der Waals surface area (Å²) in [7, 11) is 1.77. The number of aliphatic hydroxyl groups excluding tert-OH is 1. The van der Waals surface area contributed by atoms with Gasteiger partial charge >= 0.3 is 0 Å². The third kappa shape index (κ3) is 2.68. The van der Waals surface area contributed by atoms with Gasteiger partial charge in [-0.3, -0.25) is 0 Å². The van der Waals surface area contributed by atoms with E-state index in [1.165, 1.54) is 0 Å². The number of hydrogen-bond acceptors (Lipinski definition) is 2. The lowest BCUT2D eigenvalue weighted by Crippen LogP contribution is -2.39. The lowest BCUT2D eigenvalue weighted by Gasteiger charge is -2.23. The molecule has 0 radical (unpaired) electrons. The maximum Gasteiger partial charge on any atom is 0.173 e. The van der Waals surface area contributed by atoms with E-state index in [-0.39, 0.29) is 6.61 Å². The van der Waals surface area contributed by atoms with E-state index in [9.17, 15) is 0 Å². The second kappa shape index (κ2) is 5.57. The maximum absolute atomic E-state index is 8.91. The summed E-state index contributed by atoms with van der Waals surface area (Å²) in [6.07, 6.45) is 0. The predicted molar refractivity (Wildman–Crippen MR) is 62.5 cm³/mol. The third-order valence-electron chi connectivity index (χ3n) is 1.85. The van der Waals surface area contributed by atoms with Gasteiger partial charge in [0, 0.05) is 19.3 Å². The van der Waals surface area contributed by atoms with Crippen molar-refractivity contribution in [1.29, 1.82) is 0 Å². The van der Waals surface area contributed by atoms with Crippen LogP contribution in [0.2, 0.25) is 0 Å². The summed E-state index contributed by atoms with van der Waals surface area (Å²) in [5.74, 6) is 0. The Morgan fingerprint density at radius 1 is 1.43 bits per heavy atom. The first-order valence-electron chi connectivity index (χ1n) is 4.44. The fourth-order valence-corrected chi connectivity index (χ4v) is 1.39. The van der Waals surface area contributed by atoms with Crippen LogP contribution in [0, 0.1) is 0 Å². The van der Waals surface area contributed by atoms with Crippen molar-refractivity contribution in [2.45, 2.75) is 0 Å². The first-order valence-corrected chi connectivity index (χ1v) is 4.85. The van der Waals surface area contributed by atoms with E-state index in [4.69, 9.17) is 17.3 Å². The molecule has 1 aromatic carbocycles. The van der Waals surface area contributed by atoms with Crippen molar-refractivity contribution in [2.75, 3.05) is 25.1 Å². The molecule has 0 unspecified atom stereocenters. The van der Waals surface area contributed by atoms with Crippen LogP contribution >= 0.6 is 12.2 Å². The molecule has 14 heavy (non-hydrogen) atoms. The van der Waals surface area contributed by atoms with E-state index in [1.54, 1.807) is 7.05 Å². The highest BCUT2D eigenvalue weighted by Crippen LogP contribution is 2.12. The zero-order chi connectivity index (χ0) is 10.4. The molecule has 0 aliphatic carbocycles. The number of hydrogen-bond donors (Lipinski definition) is 2. The molecule has 0 fully saturated rings. The van der Waals surface area contributed by atoms with Gasteiger partial charge in [0.1, 0.15) is 0 Å². The van der Waals surface area contributed by atoms with Crippen LogP contribution in [-0.2, 0) is 0 Å². The van der Waals surface area contributed by atoms with Crippen LogP contribution in [0.4, 0.5) is 5.69 Å². The first-order chi connectivity index (χ1) is 6.79. The smallest absolute Gasteiger partial charge is 0.173 e. The summed E-state index contributed by atoms with van der Waals surface area (Å²) in [4.78, 5) is 1.86. The molecule has 0 saturated heterocycles. The molecule has 76 valence electrons. The van der Waals surface area contributed by atoms with Gasteiger partial charge in [-0.2, -0.15) is 0 Å². The number of rotatable bonds is 3. The Labute approximate surface area is 89.4 Å². The van der Waals surface area contributed by atoms with Crippen molar-refractivity contribution in [3.63, 3.8) is 0 Å². The molecule has 0 atom stereocenters. The Morgan fingerprint density at radius 3 is 2.57 bits per heavy atom. The molecule has 1 rings (SSSR count). The van der Waals surface area contributed by atoms with Crippen LogP contribution in [0.3, 0.4) is 0 Å². The molecule has 4 heteroatoms. The highest BCUT2D eigenvalue weighted by atomic mass is 32.1. The van der Waals surface area contributed by atoms with Crippen molar-refractivity contribution >= 4 is 23.0 Å². The van der Waals surface area contributed by atoms with E-state index >= 15 is 0 Å². The Morgan fingerprint density at radius 2 is 2.07 bits per heavy atom. The summed E-state index contributed by atoms with van der Waals surface area (Å²) >= 11 is 5.13. The number of benzene rings is 1. The molecule has 0 heterocycles. The average molecular weight is 210 g/mol. The van der Waals surface area contributed by atoms with Crippen molar-refractivity contribution in [1.82, 2.24) is 5.32 Å². The van der Waals surface area contributed by atoms with Crippen LogP contribution in [-0.4, -0.2) is 30.4 Å². The molecule has 0 aliphatic heterocycles. The Bertz CT molecular complexity index is 289. The summed E-state index contributed by atoms with van der Waals surface area (Å²) in [5.41, 5.74) is 0.987. The van der Waals surface area contributed by atoms with Gasteiger partial charge in [0.05, 0.1) is 6.61 Å². The summed E-state index contributed by atoms with van der Waals surface area (Å²) in [6.45, 7) is 0.584. The lowest BCUT2D eigenvalue weighted by atomic mass is 10.3. The summed E-state index contributed by atoms with van der Waals surface area (Å²) in [5, 5.41) is 12.4. The van der Waals surface area contributed by atoms with E-state index in [1.807, 2.05) is 35.2 Å². The van der Waals surface area contributed by atoms with Gasteiger partial charge in [0.25, 0.3) is 0 Å². The van der Waals surface area contributed by atoms with Gasteiger partial charge in [-0.1, -0.05) is 18.2 Å². The minimum atomic E-state index is 0.0801. The number of anilines is 1. The Kier molecular flexibility index (Phi) is 4.35. The Hall–Kier alpha value is -1.13. The highest BCUT2D eigenvalue weighted by Gasteiger charge is 2.08. The summed E-state index contributed by atoms with van der Waals surface area (Å²) < 4.78 is 0. The largest absolute Gasteiger partial charge is 0.395 e. The van der Waals surface area contributed by atoms with Crippen LogP contribution < -0.4 is 10.2 Å². The van der Waals surface area contributed by atoms with E-state index in [2.05, 4.69) is 5.32 Å². The standard InChI is InChI=1S/C10H14N2OS/c1-11-10(14)12(7-8-13)9-5-3-2-4-6-9/h2-6,13H,7-8H2,1H3,(H,11,14). The van der Waals surface area contributed by atoms with Crippen molar-refractivity contribution in [2.24, 2.45) is 0 Å². The Balaban J connectivity index is 2.83. The minimum Gasteiger partial charge on any atom is -0.395 e. The minimum absolute atomic E-state index is 0.0801. The van der Waals surface area contributed by atoms with E-state index < -0.39 is 0 Å². The maximum atomic E-state index is 8.91. The van der Waals surface area contributed by atoms with Gasteiger partial charge in [-0.05, 0) is 24.4 Å². The molecule has 0 spiro atoms. The lowest BCUT2D eigenvalue weighted by molar-refractivity contribution is 0.306. The van der Waals surface area contributed by atoms with Crippen LogP contribution in [0.1, 0.15) is 0 Å². The topological polar surface area (TPSA) is 35.5 Å². The second-order valence-corrected chi connectivity index (χ2v) is 3.15. The van der Waals surface area contributed by atoms with Crippen LogP contribution in [0.25, 0.3) is 0 Å².